The molecule has 6 heteroatoms. The minimum absolute atomic E-state index is 0.267. The molecule has 0 fully saturated rings. The number of ether oxygens (including phenoxy) is 1. The van der Waals surface area contributed by atoms with E-state index in [1.54, 1.807) is 37.3 Å². The van der Waals surface area contributed by atoms with E-state index in [0.717, 1.165) is 5.06 Å². The lowest BCUT2D eigenvalue weighted by Gasteiger charge is -2.29. The van der Waals surface area contributed by atoms with Crippen LogP contribution in [-0.4, -0.2) is 36.1 Å². The summed E-state index contributed by atoms with van der Waals surface area (Å²) in [5, 5.41) is 0.730. The number of hydrogen-bond acceptors (Lipinski definition) is 5. The summed E-state index contributed by atoms with van der Waals surface area (Å²) in [5.74, 6) is -2.47. The molecule has 22 heavy (non-hydrogen) atoms. The van der Waals surface area contributed by atoms with E-state index < -0.39 is 29.8 Å². The molecule has 0 aliphatic heterocycles. The van der Waals surface area contributed by atoms with Gasteiger partial charge in [0.05, 0.1) is 12.7 Å². The van der Waals surface area contributed by atoms with Crippen molar-refractivity contribution in [1.29, 1.82) is 0 Å². The molecule has 118 valence electrons. The highest BCUT2D eigenvalue weighted by Gasteiger charge is 2.36. The van der Waals surface area contributed by atoms with E-state index in [-0.39, 0.29) is 5.56 Å². The van der Waals surface area contributed by atoms with Gasteiger partial charge in [-0.25, -0.2) is 9.59 Å². The zero-order chi connectivity index (χ0) is 16.7. The molecular weight excluding hydrogens is 286 g/mol. The van der Waals surface area contributed by atoms with Crippen molar-refractivity contribution in [2.75, 3.05) is 7.11 Å². The van der Waals surface area contributed by atoms with Gasteiger partial charge in [-0.15, -0.1) is 6.58 Å². The van der Waals surface area contributed by atoms with Crippen molar-refractivity contribution >= 4 is 17.8 Å². The summed E-state index contributed by atoms with van der Waals surface area (Å²) in [6, 6.07) is 7.08. The van der Waals surface area contributed by atoms with Crippen LogP contribution >= 0.6 is 0 Å². The SMILES string of the molecule is C=CC(C)C(C(=O)OC)N(OC(=O)c1ccccc1)C(C)=O. The minimum Gasteiger partial charge on any atom is -0.467 e. The molecule has 0 spiro atoms. The number of carbonyl (C=O) groups is 3. The second-order valence-corrected chi connectivity index (χ2v) is 4.65. The zero-order valence-corrected chi connectivity index (χ0v) is 12.8. The number of carbonyl (C=O) groups excluding carboxylic acids is 3. The topological polar surface area (TPSA) is 72.9 Å². The van der Waals surface area contributed by atoms with Crippen molar-refractivity contribution in [3.63, 3.8) is 0 Å². The van der Waals surface area contributed by atoms with Gasteiger partial charge in [0.2, 0.25) is 0 Å². The van der Waals surface area contributed by atoms with Crippen LogP contribution in [0.2, 0.25) is 0 Å². The smallest absolute Gasteiger partial charge is 0.363 e. The fourth-order valence-electron chi connectivity index (χ4n) is 1.81. The van der Waals surface area contributed by atoms with Crippen LogP contribution in [0.5, 0.6) is 0 Å². The molecule has 0 radical (unpaired) electrons. The number of benzene rings is 1. The summed E-state index contributed by atoms with van der Waals surface area (Å²) in [5.41, 5.74) is 0.267. The predicted molar refractivity (Wildman–Crippen MR) is 79.5 cm³/mol. The first kappa shape index (κ1) is 17.4. The molecule has 1 aromatic rings. The monoisotopic (exact) mass is 305 g/mol. The van der Waals surface area contributed by atoms with E-state index in [1.807, 2.05) is 0 Å². The number of hydrogen-bond donors (Lipinski definition) is 0. The Bertz CT molecular complexity index is 555. The highest BCUT2D eigenvalue weighted by atomic mass is 16.7. The summed E-state index contributed by atoms with van der Waals surface area (Å²) in [7, 11) is 1.20. The van der Waals surface area contributed by atoms with Gasteiger partial charge in [-0.05, 0) is 12.1 Å². The molecule has 0 aliphatic rings. The quantitative estimate of drug-likeness (QED) is 0.472. The lowest BCUT2D eigenvalue weighted by atomic mass is 10.0. The van der Waals surface area contributed by atoms with Crippen molar-refractivity contribution < 1.29 is 24.0 Å². The van der Waals surface area contributed by atoms with Crippen molar-refractivity contribution in [3.8, 4) is 0 Å². The van der Waals surface area contributed by atoms with Gasteiger partial charge in [0, 0.05) is 12.8 Å². The van der Waals surface area contributed by atoms with Crippen molar-refractivity contribution in [3.05, 3.63) is 48.6 Å². The zero-order valence-electron chi connectivity index (χ0n) is 12.8. The molecule has 0 saturated carbocycles. The summed E-state index contributed by atoms with van der Waals surface area (Å²) in [6.45, 7) is 6.46. The third-order valence-corrected chi connectivity index (χ3v) is 3.07. The number of rotatable bonds is 5. The molecular formula is C16H19NO5. The molecule has 0 N–H and O–H groups in total. The van der Waals surface area contributed by atoms with Gasteiger partial charge in [-0.2, -0.15) is 5.06 Å². The highest BCUT2D eigenvalue weighted by molar-refractivity contribution is 5.91. The van der Waals surface area contributed by atoms with Gasteiger partial charge < -0.3 is 9.57 Å². The Morgan fingerprint density at radius 3 is 2.27 bits per heavy atom. The standard InChI is InChI=1S/C16H19NO5/c1-5-11(2)14(16(20)21-4)17(12(3)18)22-15(19)13-9-7-6-8-10-13/h5-11,14H,1H2,2-4H3. The lowest BCUT2D eigenvalue weighted by molar-refractivity contribution is -0.189. The Morgan fingerprint density at radius 2 is 1.82 bits per heavy atom. The predicted octanol–water partition coefficient (Wildman–Crippen LogP) is 1.97. The summed E-state index contributed by atoms with van der Waals surface area (Å²) in [4.78, 5) is 40.9. The Morgan fingerprint density at radius 1 is 1.23 bits per heavy atom. The van der Waals surface area contributed by atoms with Crippen molar-refractivity contribution in [1.82, 2.24) is 5.06 Å². The van der Waals surface area contributed by atoms with Gasteiger partial charge >= 0.3 is 11.9 Å². The molecule has 0 saturated heterocycles. The second-order valence-electron chi connectivity index (χ2n) is 4.65. The molecule has 0 bridgehead atoms. The molecule has 1 aromatic carbocycles. The maximum Gasteiger partial charge on any atom is 0.363 e. The van der Waals surface area contributed by atoms with E-state index in [2.05, 4.69) is 11.3 Å². The van der Waals surface area contributed by atoms with Crippen LogP contribution in [0.3, 0.4) is 0 Å². The molecule has 2 unspecified atom stereocenters. The first-order valence-electron chi connectivity index (χ1n) is 6.69. The average molecular weight is 305 g/mol. The minimum atomic E-state index is -1.09. The van der Waals surface area contributed by atoms with Gasteiger partial charge in [-0.3, -0.25) is 4.79 Å². The number of hydroxylamine groups is 2. The van der Waals surface area contributed by atoms with Crippen LogP contribution in [-0.2, 0) is 19.2 Å². The number of amides is 1. The molecule has 0 aromatic heterocycles. The third-order valence-electron chi connectivity index (χ3n) is 3.07. The Kier molecular flexibility index (Phi) is 6.31. The van der Waals surface area contributed by atoms with Crippen LogP contribution in [0, 0.1) is 5.92 Å². The molecule has 2 atom stereocenters. The van der Waals surface area contributed by atoms with Gasteiger partial charge in [0.25, 0.3) is 5.91 Å². The average Bonchev–Trinajstić information content (AvgIpc) is 2.53. The molecule has 1 rings (SSSR count). The van der Waals surface area contributed by atoms with Gasteiger partial charge in [-0.1, -0.05) is 31.2 Å². The van der Waals surface area contributed by atoms with Crippen LogP contribution < -0.4 is 0 Å². The van der Waals surface area contributed by atoms with Crippen LogP contribution in [0.25, 0.3) is 0 Å². The summed E-state index contributed by atoms with van der Waals surface area (Å²) in [6.07, 6.45) is 1.48. The second kappa shape index (κ2) is 7.97. The Balaban J connectivity index is 3.05. The Labute approximate surface area is 129 Å². The maximum absolute atomic E-state index is 12.1. The van der Waals surface area contributed by atoms with Gasteiger partial charge in [0.1, 0.15) is 0 Å². The highest BCUT2D eigenvalue weighted by Crippen LogP contribution is 2.17. The molecule has 0 aliphatic carbocycles. The van der Waals surface area contributed by atoms with E-state index in [9.17, 15) is 14.4 Å². The fourth-order valence-corrected chi connectivity index (χ4v) is 1.81. The fraction of sp³-hybridized carbons (Fsp3) is 0.312. The molecule has 6 nitrogen and oxygen atoms in total. The first-order valence-corrected chi connectivity index (χ1v) is 6.69. The van der Waals surface area contributed by atoms with Crippen molar-refractivity contribution in [2.45, 2.75) is 19.9 Å². The maximum atomic E-state index is 12.1. The van der Waals surface area contributed by atoms with Crippen LogP contribution in [0.1, 0.15) is 24.2 Å². The summed E-state index contributed by atoms with van der Waals surface area (Å²) < 4.78 is 4.68. The lowest BCUT2D eigenvalue weighted by Crippen LogP contribution is -2.48. The normalized spacial score (nSPS) is 12.7. The number of methoxy groups -OCH3 is 1. The van der Waals surface area contributed by atoms with Crippen LogP contribution in [0.15, 0.2) is 43.0 Å². The van der Waals surface area contributed by atoms with E-state index in [1.165, 1.54) is 20.1 Å². The molecule has 0 heterocycles. The number of nitrogens with zero attached hydrogens (tertiary/aromatic N) is 1. The van der Waals surface area contributed by atoms with Gasteiger partial charge in [0.15, 0.2) is 6.04 Å². The van der Waals surface area contributed by atoms with E-state index in [0.29, 0.717) is 0 Å². The van der Waals surface area contributed by atoms with Crippen LogP contribution in [0.4, 0.5) is 0 Å². The summed E-state index contributed by atoms with van der Waals surface area (Å²) >= 11 is 0. The van der Waals surface area contributed by atoms with E-state index in [4.69, 9.17) is 4.84 Å². The third kappa shape index (κ3) is 4.18. The van der Waals surface area contributed by atoms with E-state index >= 15 is 0 Å². The van der Waals surface area contributed by atoms with Crippen molar-refractivity contribution in [2.24, 2.45) is 5.92 Å². The number of esters is 1. The Hall–Kier alpha value is -2.63. The first-order chi connectivity index (χ1) is 10.4. The largest absolute Gasteiger partial charge is 0.467 e. The molecule has 1 amide bonds.